The summed E-state index contributed by atoms with van der Waals surface area (Å²) in [5.74, 6) is -3.15. The third-order valence-corrected chi connectivity index (χ3v) is 4.39. The summed E-state index contributed by atoms with van der Waals surface area (Å²) in [7, 11) is 0. The van der Waals surface area contributed by atoms with Crippen molar-refractivity contribution < 1.29 is 19.5 Å². The molecule has 3 aliphatic rings. The van der Waals surface area contributed by atoms with Crippen LogP contribution in [0.25, 0.3) is 0 Å². The van der Waals surface area contributed by atoms with E-state index in [1.165, 1.54) is 0 Å². The number of carbonyl (C=O) groups is 3. The number of aliphatic carboxylic acids is 1. The van der Waals surface area contributed by atoms with Gasteiger partial charge in [-0.1, -0.05) is 0 Å². The topological polar surface area (TPSA) is 71.4 Å². The fourth-order valence-corrected chi connectivity index (χ4v) is 3.88. The molecule has 4 unspecified atom stereocenters. The largest absolute Gasteiger partial charge is 0.480 e. The normalized spacial score (nSPS) is 47.3. The number of hydrogen-bond donors (Lipinski definition) is 1. The molecule has 0 saturated heterocycles. The summed E-state index contributed by atoms with van der Waals surface area (Å²) in [5, 5.41) is 8.86. The number of fused-ring (bicyclic) bond motifs is 5. The minimum Gasteiger partial charge on any atom is -0.480 e. The monoisotopic (exact) mass is 208 g/mol. The lowest BCUT2D eigenvalue weighted by molar-refractivity contribution is -0.148. The second-order valence-corrected chi connectivity index (χ2v) is 4.96. The number of carboxylic acid groups (broad SMARTS) is 1. The molecule has 0 heterocycles. The molecule has 0 aromatic carbocycles. The van der Waals surface area contributed by atoms with E-state index < -0.39 is 11.9 Å². The zero-order chi connectivity index (χ0) is 10.7. The van der Waals surface area contributed by atoms with Crippen molar-refractivity contribution >= 4 is 17.5 Å². The van der Waals surface area contributed by atoms with E-state index in [9.17, 15) is 14.4 Å². The lowest BCUT2D eigenvalue weighted by Gasteiger charge is -2.21. The van der Waals surface area contributed by atoms with Crippen molar-refractivity contribution in [2.75, 3.05) is 0 Å². The molecule has 0 amide bonds. The quantitative estimate of drug-likeness (QED) is 0.637. The third kappa shape index (κ3) is 0.945. The third-order valence-electron chi connectivity index (χ3n) is 4.39. The molecule has 3 saturated carbocycles. The zero-order valence-corrected chi connectivity index (χ0v) is 8.18. The number of rotatable bonds is 1. The maximum Gasteiger partial charge on any atom is 0.321 e. The van der Waals surface area contributed by atoms with Crippen molar-refractivity contribution in [1.82, 2.24) is 0 Å². The van der Waals surface area contributed by atoms with Crippen LogP contribution in [0.5, 0.6) is 0 Å². The predicted octanol–water partition coefficient (Wildman–Crippen LogP) is 0.501. The second kappa shape index (κ2) is 2.68. The molecule has 4 heteroatoms. The molecule has 80 valence electrons. The van der Waals surface area contributed by atoms with Gasteiger partial charge in [0, 0.05) is 11.8 Å². The number of carbonyl (C=O) groups excluding carboxylic acids is 2. The van der Waals surface area contributed by atoms with Gasteiger partial charge in [0.1, 0.15) is 0 Å². The van der Waals surface area contributed by atoms with Gasteiger partial charge >= 0.3 is 5.97 Å². The molecule has 4 nitrogen and oxygen atoms in total. The zero-order valence-electron chi connectivity index (χ0n) is 8.18. The molecule has 3 fully saturated rings. The average molecular weight is 208 g/mol. The number of carboxylic acids is 1. The van der Waals surface area contributed by atoms with E-state index in [1.54, 1.807) is 0 Å². The molecule has 0 radical (unpaired) electrons. The summed E-state index contributed by atoms with van der Waals surface area (Å²) >= 11 is 0. The van der Waals surface area contributed by atoms with Crippen molar-refractivity contribution in [3.05, 3.63) is 0 Å². The molecular weight excluding hydrogens is 196 g/mol. The Balaban J connectivity index is 2.00. The highest BCUT2D eigenvalue weighted by Crippen LogP contribution is 2.57. The molecule has 0 aromatic rings. The standard InChI is InChI=1S/C11H12O4/c12-9-6-4-1-2-5(3-4)7(6)10(13)8(9)11(14)15/h4-8H,1-3H2,(H,14,15). The van der Waals surface area contributed by atoms with Gasteiger partial charge in [-0.05, 0) is 31.1 Å². The molecule has 2 bridgehead atoms. The van der Waals surface area contributed by atoms with Crippen molar-refractivity contribution in [2.24, 2.45) is 29.6 Å². The predicted molar refractivity (Wildman–Crippen MR) is 49.0 cm³/mol. The maximum absolute atomic E-state index is 11.8. The molecule has 3 aliphatic carbocycles. The molecular formula is C11H12O4. The van der Waals surface area contributed by atoms with E-state index in [0.717, 1.165) is 19.3 Å². The van der Waals surface area contributed by atoms with Gasteiger partial charge in [-0.15, -0.1) is 0 Å². The van der Waals surface area contributed by atoms with Gasteiger partial charge in [-0.25, -0.2) is 0 Å². The molecule has 0 spiro atoms. The summed E-state index contributed by atoms with van der Waals surface area (Å²) in [5.41, 5.74) is 0. The van der Waals surface area contributed by atoms with E-state index in [-0.39, 0.29) is 23.4 Å². The van der Waals surface area contributed by atoms with Gasteiger partial charge in [0.2, 0.25) is 0 Å². The first-order chi connectivity index (χ1) is 7.11. The molecule has 1 N–H and O–H groups in total. The van der Waals surface area contributed by atoms with Crippen LogP contribution in [0.3, 0.4) is 0 Å². The minimum absolute atomic E-state index is 0.252. The van der Waals surface area contributed by atoms with Gasteiger partial charge in [-0.3, -0.25) is 14.4 Å². The number of ketones is 2. The average Bonchev–Trinajstić information content (AvgIpc) is 2.79. The van der Waals surface area contributed by atoms with Crippen LogP contribution in [0, 0.1) is 29.6 Å². The van der Waals surface area contributed by atoms with Crippen LogP contribution in [0.2, 0.25) is 0 Å². The Morgan fingerprint density at radius 1 is 1.07 bits per heavy atom. The van der Waals surface area contributed by atoms with Gasteiger partial charge in [0.05, 0.1) is 0 Å². The van der Waals surface area contributed by atoms with Crippen LogP contribution in [-0.2, 0) is 14.4 Å². The smallest absolute Gasteiger partial charge is 0.321 e. The highest BCUT2D eigenvalue weighted by Gasteiger charge is 2.63. The molecule has 15 heavy (non-hydrogen) atoms. The Labute approximate surface area is 86.6 Å². The van der Waals surface area contributed by atoms with Crippen molar-refractivity contribution in [3.63, 3.8) is 0 Å². The Kier molecular flexibility index (Phi) is 1.62. The van der Waals surface area contributed by atoms with E-state index >= 15 is 0 Å². The summed E-state index contributed by atoms with van der Waals surface area (Å²) < 4.78 is 0. The van der Waals surface area contributed by atoms with E-state index in [1.807, 2.05) is 0 Å². The van der Waals surface area contributed by atoms with Crippen LogP contribution >= 0.6 is 0 Å². The minimum atomic E-state index is -1.34. The van der Waals surface area contributed by atoms with E-state index in [0.29, 0.717) is 11.8 Å². The first-order valence-corrected chi connectivity index (χ1v) is 5.41. The SMILES string of the molecule is O=C(O)C1C(=O)C2C3CCC(C3)C2C1=O. The van der Waals surface area contributed by atoms with Gasteiger partial charge in [0.15, 0.2) is 17.5 Å². The molecule has 0 aliphatic heterocycles. The van der Waals surface area contributed by atoms with Crippen LogP contribution < -0.4 is 0 Å². The lowest BCUT2D eigenvalue weighted by atomic mass is 9.81. The molecule has 0 aromatic heterocycles. The van der Waals surface area contributed by atoms with Crippen molar-refractivity contribution in [3.8, 4) is 0 Å². The van der Waals surface area contributed by atoms with Crippen molar-refractivity contribution in [1.29, 1.82) is 0 Å². The lowest BCUT2D eigenvalue weighted by Crippen LogP contribution is -2.28. The van der Waals surface area contributed by atoms with Crippen LogP contribution in [0.15, 0.2) is 0 Å². The molecule has 3 rings (SSSR count). The fourth-order valence-electron chi connectivity index (χ4n) is 3.88. The summed E-state index contributed by atoms with van der Waals surface area (Å²) in [6.45, 7) is 0. The second-order valence-electron chi connectivity index (χ2n) is 4.96. The maximum atomic E-state index is 11.8. The number of hydrogen-bond acceptors (Lipinski definition) is 3. The highest BCUT2D eigenvalue weighted by atomic mass is 16.4. The summed E-state index contributed by atoms with van der Waals surface area (Å²) in [6, 6.07) is 0. The fraction of sp³-hybridized carbons (Fsp3) is 0.727. The first-order valence-electron chi connectivity index (χ1n) is 5.41. The van der Waals surface area contributed by atoms with Gasteiger partial charge < -0.3 is 5.11 Å². The number of Topliss-reactive ketones (excluding diaryl/α,β-unsaturated/α-hetero) is 2. The Morgan fingerprint density at radius 2 is 1.53 bits per heavy atom. The Bertz CT molecular complexity index is 345. The van der Waals surface area contributed by atoms with Gasteiger partial charge in [-0.2, -0.15) is 0 Å². The molecule has 4 atom stereocenters. The van der Waals surface area contributed by atoms with Gasteiger partial charge in [0.25, 0.3) is 0 Å². The van der Waals surface area contributed by atoms with Crippen LogP contribution in [0.1, 0.15) is 19.3 Å². The summed E-state index contributed by atoms with van der Waals surface area (Å²) in [4.78, 5) is 34.5. The summed E-state index contributed by atoms with van der Waals surface area (Å²) in [6.07, 6.45) is 2.95. The van der Waals surface area contributed by atoms with E-state index in [2.05, 4.69) is 0 Å². The Morgan fingerprint density at radius 3 is 1.93 bits per heavy atom. The Hall–Kier alpha value is -1.19. The highest BCUT2D eigenvalue weighted by molar-refractivity contribution is 6.23. The van der Waals surface area contributed by atoms with Crippen LogP contribution in [-0.4, -0.2) is 22.6 Å². The van der Waals surface area contributed by atoms with Crippen molar-refractivity contribution in [2.45, 2.75) is 19.3 Å². The van der Waals surface area contributed by atoms with E-state index in [4.69, 9.17) is 5.11 Å². The first kappa shape index (κ1) is 9.07. The van der Waals surface area contributed by atoms with Crippen LogP contribution in [0.4, 0.5) is 0 Å².